The number of para-hydroxylation sites is 1. The number of carbonyl (C=O) groups is 2. The molecular weight excluding hydrogens is 358 g/mol. The Balaban J connectivity index is 2.27. The van der Waals surface area contributed by atoms with E-state index in [1.807, 2.05) is 0 Å². The SMILES string of the molecule is NC(=O)Cc1ccccc1NC(=O)c1cc(Br)cnc1Cl. The van der Waals surface area contributed by atoms with E-state index in [0.717, 1.165) is 0 Å². The largest absolute Gasteiger partial charge is 0.369 e. The number of nitrogens with two attached hydrogens (primary N) is 1. The van der Waals surface area contributed by atoms with Crippen molar-refractivity contribution >= 4 is 45.0 Å². The van der Waals surface area contributed by atoms with Crippen molar-refractivity contribution in [2.24, 2.45) is 5.73 Å². The molecule has 0 saturated heterocycles. The van der Waals surface area contributed by atoms with Gasteiger partial charge in [0.05, 0.1) is 12.0 Å². The van der Waals surface area contributed by atoms with Crippen molar-refractivity contribution in [3.05, 3.63) is 57.3 Å². The van der Waals surface area contributed by atoms with Crippen molar-refractivity contribution in [1.82, 2.24) is 4.98 Å². The van der Waals surface area contributed by atoms with Gasteiger partial charge < -0.3 is 11.1 Å². The van der Waals surface area contributed by atoms with E-state index in [1.54, 1.807) is 30.3 Å². The van der Waals surface area contributed by atoms with Crippen LogP contribution in [0.3, 0.4) is 0 Å². The van der Waals surface area contributed by atoms with Gasteiger partial charge in [0.2, 0.25) is 5.91 Å². The summed E-state index contributed by atoms with van der Waals surface area (Å²) in [6.45, 7) is 0. The Morgan fingerprint density at radius 1 is 1.33 bits per heavy atom. The third-order valence-corrected chi connectivity index (χ3v) is 3.42. The summed E-state index contributed by atoms with van der Waals surface area (Å²) in [5.41, 5.74) is 6.57. The monoisotopic (exact) mass is 367 g/mol. The molecule has 0 unspecified atom stereocenters. The molecule has 3 N–H and O–H groups in total. The van der Waals surface area contributed by atoms with Crippen LogP contribution in [0.2, 0.25) is 5.15 Å². The lowest BCUT2D eigenvalue weighted by Gasteiger charge is -2.10. The van der Waals surface area contributed by atoms with Crippen LogP contribution in [-0.4, -0.2) is 16.8 Å². The van der Waals surface area contributed by atoms with E-state index in [-0.39, 0.29) is 17.1 Å². The summed E-state index contributed by atoms with van der Waals surface area (Å²) in [4.78, 5) is 27.2. The first kappa shape index (κ1) is 15.5. The Kier molecular flexibility index (Phi) is 4.93. The minimum Gasteiger partial charge on any atom is -0.369 e. The number of benzene rings is 1. The van der Waals surface area contributed by atoms with Gasteiger partial charge in [-0.3, -0.25) is 9.59 Å². The minimum absolute atomic E-state index is 0.0426. The van der Waals surface area contributed by atoms with Crippen LogP contribution in [-0.2, 0) is 11.2 Å². The molecule has 2 aromatic rings. The van der Waals surface area contributed by atoms with Gasteiger partial charge in [0, 0.05) is 16.4 Å². The Bertz CT molecular complexity index is 706. The second kappa shape index (κ2) is 6.69. The first-order valence-corrected chi connectivity index (χ1v) is 7.13. The van der Waals surface area contributed by atoms with E-state index < -0.39 is 11.8 Å². The maximum atomic E-state index is 12.3. The summed E-state index contributed by atoms with van der Waals surface area (Å²) in [7, 11) is 0. The average Bonchev–Trinajstić information content (AvgIpc) is 2.43. The second-order valence-corrected chi connectivity index (χ2v) is 5.52. The zero-order valence-electron chi connectivity index (χ0n) is 10.8. The van der Waals surface area contributed by atoms with Gasteiger partial charge in [-0.1, -0.05) is 29.8 Å². The molecular formula is C14H11BrClN3O2. The number of primary amides is 1. The highest BCUT2D eigenvalue weighted by atomic mass is 79.9. The number of pyridine rings is 1. The van der Waals surface area contributed by atoms with Crippen molar-refractivity contribution in [1.29, 1.82) is 0 Å². The third kappa shape index (κ3) is 4.03. The number of hydrogen-bond donors (Lipinski definition) is 2. The number of halogens is 2. The van der Waals surface area contributed by atoms with Crippen LogP contribution in [0.5, 0.6) is 0 Å². The highest BCUT2D eigenvalue weighted by Crippen LogP contribution is 2.21. The summed E-state index contributed by atoms with van der Waals surface area (Å²) in [6.07, 6.45) is 1.54. The topological polar surface area (TPSA) is 85.1 Å². The predicted octanol–water partition coefficient (Wildman–Crippen LogP) is 2.78. The second-order valence-electron chi connectivity index (χ2n) is 4.25. The lowest BCUT2D eigenvalue weighted by Crippen LogP contribution is -2.18. The van der Waals surface area contributed by atoms with Gasteiger partial charge in [-0.05, 0) is 33.6 Å². The van der Waals surface area contributed by atoms with Gasteiger partial charge in [0.25, 0.3) is 5.91 Å². The molecule has 1 aromatic heterocycles. The number of anilines is 1. The number of carbonyl (C=O) groups excluding carboxylic acids is 2. The van der Waals surface area contributed by atoms with Gasteiger partial charge in [0.15, 0.2) is 0 Å². The summed E-state index contributed by atoms with van der Waals surface area (Å²) in [5, 5.41) is 2.81. The molecule has 0 atom stereocenters. The fourth-order valence-electron chi connectivity index (χ4n) is 1.76. The van der Waals surface area contributed by atoms with E-state index in [9.17, 15) is 9.59 Å². The standard InChI is InChI=1S/C14H11BrClN3O2/c15-9-6-10(13(16)18-7-9)14(21)19-11-4-2-1-3-8(11)5-12(17)20/h1-4,6-7H,5H2,(H2,17,20)(H,19,21). The third-order valence-electron chi connectivity index (χ3n) is 2.68. The highest BCUT2D eigenvalue weighted by Gasteiger charge is 2.14. The summed E-state index contributed by atoms with van der Waals surface area (Å²) >= 11 is 9.15. The number of nitrogens with one attached hydrogen (secondary N) is 1. The van der Waals surface area contributed by atoms with E-state index in [0.29, 0.717) is 15.7 Å². The van der Waals surface area contributed by atoms with Crippen LogP contribution in [0.15, 0.2) is 41.0 Å². The maximum absolute atomic E-state index is 12.3. The van der Waals surface area contributed by atoms with Crippen LogP contribution in [0, 0.1) is 0 Å². The molecule has 0 aliphatic heterocycles. The fraction of sp³-hybridized carbons (Fsp3) is 0.0714. The lowest BCUT2D eigenvalue weighted by molar-refractivity contribution is -0.117. The van der Waals surface area contributed by atoms with E-state index >= 15 is 0 Å². The summed E-state index contributed by atoms with van der Waals surface area (Å²) < 4.78 is 0.641. The van der Waals surface area contributed by atoms with E-state index in [4.69, 9.17) is 17.3 Å². The minimum atomic E-state index is -0.473. The van der Waals surface area contributed by atoms with Crippen molar-refractivity contribution in [3.8, 4) is 0 Å². The molecule has 21 heavy (non-hydrogen) atoms. The van der Waals surface area contributed by atoms with Crippen LogP contribution in [0.4, 0.5) is 5.69 Å². The molecule has 0 radical (unpaired) electrons. The summed E-state index contributed by atoms with van der Waals surface area (Å²) in [5.74, 6) is -0.885. The molecule has 7 heteroatoms. The van der Waals surface area contributed by atoms with Crippen LogP contribution < -0.4 is 11.1 Å². The Morgan fingerprint density at radius 3 is 2.76 bits per heavy atom. The Morgan fingerprint density at radius 2 is 2.05 bits per heavy atom. The van der Waals surface area contributed by atoms with Crippen LogP contribution in [0.1, 0.15) is 15.9 Å². The zero-order chi connectivity index (χ0) is 15.4. The molecule has 0 saturated carbocycles. The van der Waals surface area contributed by atoms with Gasteiger partial charge in [-0.15, -0.1) is 0 Å². The molecule has 108 valence electrons. The average molecular weight is 369 g/mol. The predicted molar refractivity (Wildman–Crippen MR) is 84.2 cm³/mol. The van der Waals surface area contributed by atoms with E-state index in [1.165, 1.54) is 6.20 Å². The Hall–Kier alpha value is -1.92. The first-order chi connectivity index (χ1) is 9.97. The molecule has 1 heterocycles. The quantitative estimate of drug-likeness (QED) is 0.814. The van der Waals surface area contributed by atoms with Gasteiger partial charge in [-0.25, -0.2) is 4.98 Å². The van der Waals surface area contributed by atoms with Crippen LogP contribution >= 0.6 is 27.5 Å². The van der Waals surface area contributed by atoms with Gasteiger partial charge in [0.1, 0.15) is 5.15 Å². The molecule has 1 aromatic carbocycles. The van der Waals surface area contributed by atoms with Crippen LogP contribution in [0.25, 0.3) is 0 Å². The smallest absolute Gasteiger partial charge is 0.258 e. The molecule has 2 amide bonds. The normalized spacial score (nSPS) is 10.2. The number of nitrogens with zero attached hydrogens (tertiary/aromatic N) is 1. The number of aromatic nitrogens is 1. The zero-order valence-corrected chi connectivity index (χ0v) is 13.1. The number of rotatable bonds is 4. The molecule has 0 spiro atoms. The van der Waals surface area contributed by atoms with Gasteiger partial charge in [-0.2, -0.15) is 0 Å². The van der Waals surface area contributed by atoms with E-state index in [2.05, 4.69) is 26.2 Å². The highest BCUT2D eigenvalue weighted by molar-refractivity contribution is 9.10. The molecule has 0 aliphatic rings. The first-order valence-electron chi connectivity index (χ1n) is 5.96. The molecule has 0 fully saturated rings. The summed E-state index contributed by atoms with van der Waals surface area (Å²) in [6, 6.07) is 8.50. The number of hydrogen-bond acceptors (Lipinski definition) is 3. The maximum Gasteiger partial charge on any atom is 0.258 e. The fourth-order valence-corrected chi connectivity index (χ4v) is 2.28. The lowest BCUT2D eigenvalue weighted by atomic mass is 10.1. The van der Waals surface area contributed by atoms with Crippen molar-refractivity contribution in [3.63, 3.8) is 0 Å². The molecule has 0 bridgehead atoms. The van der Waals surface area contributed by atoms with Crippen molar-refractivity contribution in [2.75, 3.05) is 5.32 Å². The molecule has 2 rings (SSSR count). The van der Waals surface area contributed by atoms with Gasteiger partial charge >= 0.3 is 0 Å². The Labute approximate surface area is 134 Å². The molecule has 0 aliphatic carbocycles. The number of amides is 2. The van der Waals surface area contributed by atoms with Crippen molar-refractivity contribution in [2.45, 2.75) is 6.42 Å². The van der Waals surface area contributed by atoms with Crippen molar-refractivity contribution < 1.29 is 9.59 Å². The molecule has 5 nitrogen and oxygen atoms in total.